The van der Waals surface area contributed by atoms with E-state index in [1.807, 2.05) is 45.0 Å². The van der Waals surface area contributed by atoms with Gasteiger partial charge in [-0.2, -0.15) is 0 Å². The van der Waals surface area contributed by atoms with E-state index in [0.29, 0.717) is 40.9 Å². The van der Waals surface area contributed by atoms with Crippen molar-refractivity contribution in [1.82, 2.24) is 9.55 Å². The Hall–Kier alpha value is -3.48. The lowest BCUT2D eigenvalue weighted by molar-refractivity contribution is -0.118. The first-order chi connectivity index (χ1) is 15.7. The van der Waals surface area contributed by atoms with Crippen LogP contribution in [0.4, 0.5) is 0 Å². The molecule has 3 aromatic rings. The van der Waals surface area contributed by atoms with E-state index in [0.717, 1.165) is 11.3 Å². The maximum absolute atomic E-state index is 13.1. The zero-order valence-corrected chi connectivity index (χ0v) is 19.7. The van der Waals surface area contributed by atoms with Gasteiger partial charge in [-0.15, -0.1) is 0 Å². The maximum atomic E-state index is 13.1. The molecule has 7 nitrogen and oxygen atoms in total. The van der Waals surface area contributed by atoms with Gasteiger partial charge < -0.3 is 15.0 Å². The SMILES string of the molecule is CCc1nc2c(cc1CC(=O)c1ccccc1)c(OC(C)C)c(C(=O)CCCC(N)=O)n2C. The van der Waals surface area contributed by atoms with Gasteiger partial charge in [-0.1, -0.05) is 37.3 Å². The summed E-state index contributed by atoms with van der Waals surface area (Å²) in [5.41, 5.74) is 8.56. The van der Waals surface area contributed by atoms with E-state index >= 15 is 0 Å². The first-order valence-corrected chi connectivity index (χ1v) is 11.3. The third-order valence-electron chi connectivity index (χ3n) is 5.51. The second kappa shape index (κ2) is 10.4. The van der Waals surface area contributed by atoms with Gasteiger partial charge in [-0.25, -0.2) is 4.98 Å². The number of amides is 1. The molecule has 0 spiro atoms. The van der Waals surface area contributed by atoms with Crippen LogP contribution in [0.3, 0.4) is 0 Å². The second-order valence-electron chi connectivity index (χ2n) is 8.43. The van der Waals surface area contributed by atoms with E-state index in [2.05, 4.69) is 0 Å². The van der Waals surface area contributed by atoms with Gasteiger partial charge in [0.1, 0.15) is 11.3 Å². The fourth-order valence-corrected chi connectivity index (χ4v) is 3.96. The number of carbonyl (C=O) groups excluding carboxylic acids is 3. The number of aromatic nitrogens is 2. The molecule has 0 fully saturated rings. The van der Waals surface area contributed by atoms with Crippen LogP contribution in [0.2, 0.25) is 0 Å². The molecule has 2 heterocycles. The molecular weight excluding hydrogens is 418 g/mol. The fourth-order valence-electron chi connectivity index (χ4n) is 3.96. The summed E-state index contributed by atoms with van der Waals surface area (Å²) in [6.45, 7) is 5.79. The van der Waals surface area contributed by atoms with Crippen LogP contribution < -0.4 is 10.5 Å². The zero-order chi connectivity index (χ0) is 24.1. The van der Waals surface area contributed by atoms with E-state index in [-0.39, 0.29) is 36.9 Å². The predicted octanol–water partition coefficient (Wildman–Crippen LogP) is 4.19. The number of nitrogens with two attached hydrogens (primary N) is 1. The molecule has 2 aromatic heterocycles. The number of Topliss-reactive ketones (excluding diaryl/α,β-unsaturated/α-hetero) is 2. The number of primary amides is 1. The van der Waals surface area contributed by atoms with Crippen LogP contribution in [0, 0.1) is 0 Å². The monoisotopic (exact) mass is 449 g/mol. The van der Waals surface area contributed by atoms with Gasteiger partial charge in [-0.3, -0.25) is 14.4 Å². The molecule has 0 bridgehead atoms. The highest BCUT2D eigenvalue weighted by atomic mass is 16.5. The first kappa shape index (κ1) is 24.2. The number of carbonyl (C=O) groups is 3. The van der Waals surface area contributed by atoms with Gasteiger partial charge in [0.05, 0.1) is 11.5 Å². The molecule has 0 aliphatic carbocycles. The number of pyridine rings is 1. The summed E-state index contributed by atoms with van der Waals surface area (Å²) in [7, 11) is 1.79. The highest BCUT2D eigenvalue weighted by Crippen LogP contribution is 2.35. The Bertz CT molecular complexity index is 1180. The van der Waals surface area contributed by atoms with Crippen molar-refractivity contribution >= 4 is 28.5 Å². The summed E-state index contributed by atoms with van der Waals surface area (Å²) >= 11 is 0. The lowest BCUT2D eigenvalue weighted by Crippen LogP contribution is -2.14. The molecule has 2 N–H and O–H groups in total. The normalized spacial score (nSPS) is 11.2. The molecule has 0 aliphatic rings. The number of rotatable bonds is 11. The number of ketones is 2. The van der Waals surface area contributed by atoms with Crippen LogP contribution in [-0.2, 0) is 24.7 Å². The van der Waals surface area contributed by atoms with Gasteiger partial charge >= 0.3 is 0 Å². The lowest BCUT2D eigenvalue weighted by Gasteiger charge is -2.12. The van der Waals surface area contributed by atoms with E-state index in [9.17, 15) is 14.4 Å². The summed E-state index contributed by atoms with van der Waals surface area (Å²) < 4.78 is 7.84. The molecule has 0 radical (unpaired) electrons. The van der Waals surface area contributed by atoms with Crippen molar-refractivity contribution in [3.8, 4) is 5.75 Å². The van der Waals surface area contributed by atoms with Crippen molar-refractivity contribution in [2.75, 3.05) is 0 Å². The quantitative estimate of drug-likeness (QED) is 0.442. The lowest BCUT2D eigenvalue weighted by atomic mass is 10.00. The van der Waals surface area contributed by atoms with Crippen molar-refractivity contribution in [3.05, 3.63) is 58.9 Å². The topological polar surface area (TPSA) is 104 Å². The van der Waals surface area contributed by atoms with Crippen LogP contribution >= 0.6 is 0 Å². The van der Waals surface area contributed by atoms with Crippen molar-refractivity contribution in [1.29, 1.82) is 0 Å². The van der Waals surface area contributed by atoms with Gasteiger partial charge in [0.2, 0.25) is 5.91 Å². The van der Waals surface area contributed by atoms with Crippen molar-refractivity contribution in [2.45, 2.75) is 59.0 Å². The molecule has 33 heavy (non-hydrogen) atoms. The average Bonchev–Trinajstić information content (AvgIpc) is 3.03. The van der Waals surface area contributed by atoms with Crippen LogP contribution in [0.1, 0.15) is 72.1 Å². The number of aryl methyl sites for hydroxylation is 2. The van der Waals surface area contributed by atoms with E-state index in [1.54, 1.807) is 23.7 Å². The Kier molecular flexibility index (Phi) is 7.63. The third kappa shape index (κ3) is 5.48. The molecule has 0 saturated carbocycles. The van der Waals surface area contributed by atoms with E-state index < -0.39 is 5.91 Å². The number of fused-ring (bicyclic) bond motifs is 1. The molecule has 7 heteroatoms. The Labute approximate surface area is 193 Å². The fraction of sp³-hybridized carbons (Fsp3) is 0.385. The van der Waals surface area contributed by atoms with Gasteiger partial charge in [0, 0.05) is 37.6 Å². The number of hydrogen-bond acceptors (Lipinski definition) is 5. The Balaban J connectivity index is 2.07. The molecule has 0 saturated heterocycles. The van der Waals surface area contributed by atoms with E-state index in [1.165, 1.54) is 0 Å². The highest BCUT2D eigenvalue weighted by molar-refractivity contribution is 6.05. The summed E-state index contributed by atoms with van der Waals surface area (Å²) in [5, 5.41) is 0.706. The highest BCUT2D eigenvalue weighted by Gasteiger charge is 2.25. The molecule has 0 unspecified atom stereocenters. The van der Waals surface area contributed by atoms with Crippen LogP contribution in [0.25, 0.3) is 11.0 Å². The molecule has 174 valence electrons. The Morgan fingerprint density at radius 1 is 1.09 bits per heavy atom. The van der Waals surface area contributed by atoms with Crippen molar-refractivity contribution in [3.63, 3.8) is 0 Å². The number of hydrogen-bond donors (Lipinski definition) is 1. The predicted molar refractivity (Wildman–Crippen MR) is 128 cm³/mol. The minimum atomic E-state index is -0.430. The second-order valence-corrected chi connectivity index (χ2v) is 8.43. The zero-order valence-electron chi connectivity index (χ0n) is 19.7. The minimum absolute atomic E-state index is 0.0106. The smallest absolute Gasteiger partial charge is 0.217 e. The largest absolute Gasteiger partial charge is 0.488 e. The Morgan fingerprint density at radius 2 is 1.79 bits per heavy atom. The number of benzene rings is 1. The molecular formula is C26H31N3O4. The Morgan fingerprint density at radius 3 is 2.39 bits per heavy atom. The molecule has 0 atom stereocenters. The van der Waals surface area contributed by atoms with Crippen LogP contribution in [-0.4, -0.2) is 33.1 Å². The third-order valence-corrected chi connectivity index (χ3v) is 5.51. The summed E-state index contributed by atoms with van der Waals surface area (Å²) in [6.07, 6.45) is 1.42. The number of nitrogens with zero attached hydrogens (tertiary/aromatic N) is 2. The molecule has 1 amide bonds. The van der Waals surface area contributed by atoms with E-state index in [4.69, 9.17) is 15.5 Å². The number of ether oxygens (including phenoxy) is 1. The first-order valence-electron chi connectivity index (χ1n) is 11.3. The maximum Gasteiger partial charge on any atom is 0.217 e. The molecule has 1 aromatic carbocycles. The standard InChI is InChI=1S/C26H31N3O4/c1-5-20-18(15-22(31)17-10-7-6-8-11-17)14-19-25(33-16(2)3)24(29(4)26(19)28-20)21(30)12-9-13-23(27)32/h6-8,10-11,14,16H,5,9,12-13,15H2,1-4H3,(H2,27,32). The average molecular weight is 450 g/mol. The van der Waals surface area contributed by atoms with Gasteiger partial charge in [0.25, 0.3) is 0 Å². The molecule has 3 rings (SSSR count). The van der Waals surface area contributed by atoms with Crippen molar-refractivity contribution in [2.24, 2.45) is 12.8 Å². The van der Waals surface area contributed by atoms with Crippen LogP contribution in [0.5, 0.6) is 5.75 Å². The van der Waals surface area contributed by atoms with Crippen LogP contribution in [0.15, 0.2) is 36.4 Å². The molecule has 0 aliphatic heterocycles. The van der Waals surface area contributed by atoms with Gasteiger partial charge in [-0.05, 0) is 38.3 Å². The van der Waals surface area contributed by atoms with Gasteiger partial charge in [0.15, 0.2) is 17.3 Å². The summed E-state index contributed by atoms with van der Waals surface area (Å²) in [6, 6.07) is 11.1. The van der Waals surface area contributed by atoms with Crippen molar-refractivity contribution < 1.29 is 19.1 Å². The minimum Gasteiger partial charge on any atom is -0.488 e. The summed E-state index contributed by atoms with van der Waals surface area (Å²) in [5.74, 6) is -0.0839. The summed E-state index contributed by atoms with van der Waals surface area (Å²) in [4.78, 5) is 41.9.